The molecule has 5 rings (SSSR count). The second kappa shape index (κ2) is 7.89. The molecule has 3 aromatic carbocycles. The Labute approximate surface area is 190 Å². The van der Waals surface area contributed by atoms with E-state index in [0.29, 0.717) is 33.0 Å². The third kappa shape index (κ3) is 3.54. The summed E-state index contributed by atoms with van der Waals surface area (Å²) in [4.78, 5) is 56.4. The molecule has 10 nitrogen and oxygen atoms in total. The average molecular weight is 459 g/mol. The minimum absolute atomic E-state index is 0.115. The molecule has 168 valence electrons. The molecule has 1 aliphatic heterocycles. The average Bonchev–Trinajstić information content (AvgIpc) is 3.34. The SMILES string of the molecule is O=C(CN1C(=O)c2cccc([N+](=O)[O-])c2C1=O)Nc1ccc2nc(-c3cccc(F)c3)[nH]c2c1. The smallest absolute Gasteiger partial charge is 0.282 e. The molecule has 0 bridgehead atoms. The molecule has 3 amide bonds. The van der Waals surface area contributed by atoms with E-state index in [1.807, 2.05) is 0 Å². The second-order valence-electron chi connectivity index (χ2n) is 7.53. The van der Waals surface area contributed by atoms with Crippen molar-refractivity contribution in [1.82, 2.24) is 14.9 Å². The van der Waals surface area contributed by atoms with Gasteiger partial charge >= 0.3 is 0 Å². The lowest BCUT2D eigenvalue weighted by Crippen LogP contribution is -2.37. The number of nitro groups is 1. The zero-order valence-corrected chi connectivity index (χ0v) is 17.2. The fraction of sp³-hybridized carbons (Fsp3) is 0.0435. The first-order chi connectivity index (χ1) is 16.3. The van der Waals surface area contributed by atoms with Crippen molar-refractivity contribution in [3.8, 4) is 11.4 Å². The molecule has 0 unspecified atom stereocenters. The topological polar surface area (TPSA) is 138 Å². The minimum atomic E-state index is -0.897. The zero-order valence-electron chi connectivity index (χ0n) is 17.2. The number of nitrogens with zero attached hydrogens (tertiary/aromatic N) is 3. The number of imide groups is 1. The summed E-state index contributed by atoms with van der Waals surface area (Å²) in [6.07, 6.45) is 0. The lowest BCUT2D eigenvalue weighted by atomic mass is 10.1. The summed E-state index contributed by atoms with van der Waals surface area (Å²) in [5, 5.41) is 13.8. The number of nitrogens with one attached hydrogen (secondary N) is 2. The number of rotatable bonds is 5. The van der Waals surface area contributed by atoms with E-state index in [2.05, 4.69) is 15.3 Å². The molecule has 0 aliphatic carbocycles. The number of H-pyrrole nitrogens is 1. The third-order valence-corrected chi connectivity index (χ3v) is 5.34. The molecular weight excluding hydrogens is 445 g/mol. The predicted molar refractivity (Wildman–Crippen MR) is 119 cm³/mol. The summed E-state index contributed by atoms with van der Waals surface area (Å²) >= 11 is 0. The van der Waals surface area contributed by atoms with Crippen molar-refractivity contribution in [3.63, 3.8) is 0 Å². The minimum Gasteiger partial charge on any atom is -0.338 e. The first-order valence-corrected chi connectivity index (χ1v) is 10.0. The maximum Gasteiger partial charge on any atom is 0.282 e. The van der Waals surface area contributed by atoms with Crippen molar-refractivity contribution >= 4 is 40.1 Å². The molecule has 1 aromatic heterocycles. The van der Waals surface area contributed by atoms with Crippen LogP contribution in [0.4, 0.5) is 15.8 Å². The van der Waals surface area contributed by atoms with Crippen molar-refractivity contribution in [3.05, 3.63) is 87.7 Å². The molecule has 34 heavy (non-hydrogen) atoms. The Morgan fingerprint density at radius 2 is 1.88 bits per heavy atom. The van der Waals surface area contributed by atoms with E-state index in [-0.39, 0.29) is 11.1 Å². The number of carbonyl (C=O) groups excluding carboxylic acids is 3. The lowest BCUT2D eigenvalue weighted by Gasteiger charge is -2.13. The highest BCUT2D eigenvalue weighted by molar-refractivity contribution is 6.24. The number of aromatic nitrogens is 2. The Hall–Kier alpha value is -4.93. The number of imidazole rings is 1. The van der Waals surface area contributed by atoms with Gasteiger partial charge in [0.1, 0.15) is 23.7 Å². The molecule has 0 saturated carbocycles. The fourth-order valence-corrected chi connectivity index (χ4v) is 3.82. The monoisotopic (exact) mass is 459 g/mol. The number of anilines is 1. The lowest BCUT2D eigenvalue weighted by molar-refractivity contribution is -0.385. The summed E-state index contributed by atoms with van der Waals surface area (Å²) in [6, 6.07) is 14.5. The summed E-state index contributed by atoms with van der Waals surface area (Å²) in [5.41, 5.74) is 1.16. The van der Waals surface area contributed by atoms with E-state index in [0.717, 1.165) is 6.07 Å². The number of hydrogen-bond acceptors (Lipinski definition) is 6. The van der Waals surface area contributed by atoms with E-state index < -0.39 is 40.7 Å². The first kappa shape index (κ1) is 20.9. The van der Waals surface area contributed by atoms with Crippen LogP contribution >= 0.6 is 0 Å². The van der Waals surface area contributed by atoms with Crippen molar-refractivity contribution in [2.24, 2.45) is 0 Å². The molecule has 0 saturated heterocycles. The van der Waals surface area contributed by atoms with Gasteiger partial charge in [-0.15, -0.1) is 0 Å². The standard InChI is InChI=1S/C23H14FN5O5/c24-13-4-1-3-12(9-13)21-26-16-8-7-14(10-17(16)27-21)25-19(30)11-28-22(31)15-5-2-6-18(29(33)34)20(15)23(28)32/h1-10H,11H2,(H,25,30)(H,26,27). The maximum atomic E-state index is 13.5. The largest absolute Gasteiger partial charge is 0.338 e. The van der Waals surface area contributed by atoms with Crippen LogP contribution in [0.1, 0.15) is 20.7 Å². The molecule has 2 N–H and O–H groups in total. The van der Waals surface area contributed by atoms with Crippen molar-refractivity contribution in [1.29, 1.82) is 0 Å². The molecule has 11 heteroatoms. The Morgan fingerprint density at radius 1 is 1.09 bits per heavy atom. The van der Waals surface area contributed by atoms with E-state index >= 15 is 0 Å². The maximum absolute atomic E-state index is 13.5. The van der Waals surface area contributed by atoms with Crippen LogP contribution in [-0.2, 0) is 4.79 Å². The highest BCUT2D eigenvalue weighted by Crippen LogP contribution is 2.30. The van der Waals surface area contributed by atoms with Gasteiger partial charge in [-0.2, -0.15) is 0 Å². The van der Waals surface area contributed by atoms with Crippen LogP contribution < -0.4 is 5.32 Å². The van der Waals surface area contributed by atoms with Crippen LogP contribution in [0.3, 0.4) is 0 Å². The van der Waals surface area contributed by atoms with Gasteiger partial charge in [-0.3, -0.25) is 29.4 Å². The van der Waals surface area contributed by atoms with Gasteiger partial charge in [-0.1, -0.05) is 18.2 Å². The Kier molecular flexibility index (Phi) is 4.86. The number of halogens is 1. The van der Waals surface area contributed by atoms with Crippen molar-refractivity contribution in [2.45, 2.75) is 0 Å². The molecule has 0 radical (unpaired) electrons. The quantitative estimate of drug-likeness (QED) is 0.266. The van der Waals surface area contributed by atoms with Gasteiger partial charge < -0.3 is 10.3 Å². The molecular formula is C23H14FN5O5. The van der Waals surface area contributed by atoms with Crippen LogP contribution in [0, 0.1) is 15.9 Å². The van der Waals surface area contributed by atoms with Gasteiger partial charge in [-0.25, -0.2) is 9.37 Å². The van der Waals surface area contributed by atoms with Gasteiger partial charge in [0, 0.05) is 17.3 Å². The number of carbonyl (C=O) groups is 3. The van der Waals surface area contributed by atoms with Crippen molar-refractivity contribution < 1.29 is 23.7 Å². The summed E-state index contributed by atoms with van der Waals surface area (Å²) in [7, 11) is 0. The number of amides is 3. The Bertz CT molecular complexity index is 1530. The highest BCUT2D eigenvalue weighted by Gasteiger charge is 2.41. The van der Waals surface area contributed by atoms with Crippen LogP contribution in [-0.4, -0.2) is 44.1 Å². The first-order valence-electron chi connectivity index (χ1n) is 10.0. The predicted octanol–water partition coefficient (Wildman–Crippen LogP) is 3.51. The van der Waals surface area contributed by atoms with Crippen LogP contribution in [0.2, 0.25) is 0 Å². The van der Waals surface area contributed by atoms with Crippen LogP contribution in [0.15, 0.2) is 60.7 Å². The Morgan fingerprint density at radius 3 is 2.65 bits per heavy atom. The van der Waals surface area contributed by atoms with Gasteiger partial charge in [0.05, 0.1) is 21.5 Å². The highest BCUT2D eigenvalue weighted by atomic mass is 19.1. The van der Waals surface area contributed by atoms with Gasteiger partial charge in [-0.05, 0) is 36.4 Å². The molecule has 0 atom stereocenters. The van der Waals surface area contributed by atoms with Crippen LogP contribution in [0.25, 0.3) is 22.4 Å². The van der Waals surface area contributed by atoms with E-state index in [9.17, 15) is 28.9 Å². The number of fused-ring (bicyclic) bond motifs is 2. The molecule has 0 fully saturated rings. The fourth-order valence-electron chi connectivity index (χ4n) is 3.82. The Balaban J connectivity index is 1.34. The third-order valence-electron chi connectivity index (χ3n) is 5.34. The van der Waals surface area contributed by atoms with Gasteiger partial charge in [0.2, 0.25) is 5.91 Å². The molecule has 0 spiro atoms. The summed E-state index contributed by atoms with van der Waals surface area (Å²) in [5.74, 6) is -2.29. The summed E-state index contributed by atoms with van der Waals surface area (Å²) < 4.78 is 13.5. The number of benzene rings is 3. The summed E-state index contributed by atoms with van der Waals surface area (Å²) in [6.45, 7) is -0.612. The molecule has 2 heterocycles. The number of hydrogen-bond donors (Lipinski definition) is 2. The number of nitro benzene ring substituents is 1. The van der Waals surface area contributed by atoms with E-state index in [1.165, 1.54) is 24.3 Å². The molecule has 4 aromatic rings. The zero-order chi connectivity index (χ0) is 24.0. The normalized spacial score (nSPS) is 12.8. The van der Waals surface area contributed by atoms with E-state index in [1.54, 1.807) is 30.3 Å². The van der Waals surface area contributed by atoms with Crippen molar-refractivity contribution in [2.75, 3.05) is 11.9 Å². The van der Waals surface area contributed by atoms with Crippen LogP contribution in [0.5, 0.6) is 0 Å². The second-order valence-corrected chi connectivity index (χ2v) is 7.53. The van der Waals surface area contributed by atoms with E-state index in [4.69, 9.17) is 0 Å². The number of aromatic amines is 1. The van der Waals surface area contributed by atoms with Gasteiger partial charge in [0.15, 0.2) is 0 Å². The van der Waals surface area contributed by atoms with Gasteiger partial charge in [0.25, 0.3) is 17.5 Å². The molecule has 1 aliphatic rings.